The summed E-state index contributed by atoms with van der Waals surface area (Å²) in [6, 6.07) is 2.45. The van der Waals surface area contributed by atoms with Gasteiger partial charge < -0.3 is 5.32 Å². The van der Waals surface area contributed by atoms with Crippen molar-refractivity contribution in [1.82, 2.24) is 10.2 Å². The van der Waals surface area contributed by atoms with Crippen LogP contribution in [0, 0.1) is 11.8 Å². The molecule has 5 unspecified atom stereocenters. The zero-order valence-corrected chi connectivity index (χ0v) is 11.5. The Morgan fingerprint density at radius 3 is 2.76 bits per heavy atom. The zero-order valence-electron chi connectivity index (χ0n) is 11.5. The monoisotopic (exact) mass is 236 g/mol. The van der Waals surface area contributed by atoms with E-state index in [1.807, 2.05) is 0 Å². The van der Waals surface area contributed by atoms with Gasteiger partial charge in [0.15, 0.2) is 0 Å². The van der Waals surface area contributed by atoms with Crippen LogP contribution in [0.15, 0.2) is 0 Å². The number of rotatable bonds is 3. The van der Waals surface area contributed by atoms with Crippen molar-refractivity contribution in [2.24, 2.45) is 11.8 Å². The maximum atomic E-state index is 3.73. The first kappa shape index (κ1) is 12.0. The minimum Gasteiger partial charge on any atom is -0.311 e. The Balaban J connectivity index is 1.64. The van der Waals surface area contributed by atoms with E-state index in [1.165, 1.54) is 45.2 Å². The first-order valence-corrected chi connectivity index (χ1v) is 7.77. The van der Waals surface area contributed by atoms with Gasteiger partial charge in [-0.3, -0.25) is 4.90 Å². The standard InChI is InChI=1S/C15H28N2/c1-3-4-14-10-17(11(2)9-16-14)15-8-12-5-6-13(15)7-12/h11-16H,3-10H2,1-2H3. The van der Waals surface area contributed by atoms with Crippen molar-refractivity contribution in [2.75, 3.05) is 13.1 Å². The quantitative estimate of drug-likeness (QED) is 0.810. The Morgan fingerprint density at radius 1 is 1.24 bits per heavy atom. The molecule has 2 aliphatic carbocycles. The van der Waals surface area contributed by atoms with Crippen LogP contribution in [0.5, 0.6) is 0 Å². The summed E-state index contributed by atoms with van der Waals surface area (Å²) < 4.78 is 0. The summed E-state index contributed by atoms with van der Waals surface area (Å²) >= 11 is 0. The number of piperazine rings is 1. The lowest BCUT2D eigenvalue weighted by Gasteiger charge is -2.45. The number of nitrogens with zero attached hydrogens (tertiary/aromatic N) is 1. The molecule has 5 atom stereocenters. The highest BCUT2D eigenvalue weighted by Gasteiger charge is 2.44. The molecule has 2 saturated carbocycles. The molecule has 3 rings (SSSR count). The largest absolute Gasteiger partial charge is 0.311 e. The molecule has 0 radical (unpaired) electrons. The van der Waals surface area contributed by atoms with Gasteiger partial charge in [-0.2, -0.15) is 0 Å². The van der Waals surface area contributed by atoms with Crippen molar-refractivity contribution in [3.63, 3.8) is 0 Å². The predicted octanol–water partition coefficient (Wildman–Crippen LogP) is 2.64. The topological polar surface area (TPSA) is 15.3 Å². The second kappa shape index (κ2) is 4.89. The molecule has 2 nitrogen and oxygen atoms in total. The van der Waals surface area contributed by atoms with E-state index >= 15 is 0 Å². The van der Waals surface area contributed by atoms with Gasteiger partial charge in [-0.25, -0.2) is 0 Å². The van der Waals surface area contributed by atoms with Crippen LogP contribution in [0.4, 0.5) is 0 Å². The smallest absolute Gasteiger partial charge is 0.0196 e. The van der Waals surface area contributed by atoms with Crippen molar-refractivity contribution >= 4 is 0 Å². The molecule has 1 aliphatic heterocycles. The average molecular weight is 236 g/mol. The van der Waals surface area contributed by atoms with Crippen LogP contribution in [-0.2, 0) is 0 Å². The molecule has 0 spiro atoms. The van der Waals surface area contributed by atoms with Gasteiger partial charge in [0.1, 0.15) is 0 Å². The van der Waals surface area contributed by atoms with E-state index in [0.717, 1.165) is 30.0 Å². The minimum atomic E-state index is 0.757. The molecule has 1 heterocycles. The molecular weight excluding hydrogens is 208 g/mol. The van der Waals surface area contributed by atoms with E-state index in [-0.39, 0.29) is 0 Å². The fraction of sp³-hybridized carbons (Fsp3) is 1.00. The molecule has 3 fully saturated rings. The summed E-state index contributed by atoms with van der Waals surface area (Å²) in [6.45, 7) is 7.24. The second-order valence-corrected chi connectivity index (χ2v) is 6.68. The van der Waals surface area contributed by atoms with Crippen molar-refractivity contribution in [2.45, 2.75) is 70.5 Å². The van der Waals surface area contributed by atoms with E-state index < -0.39 is 0 Å². The van der Waals surface area contributed by atoms with Crippen molar-refractivity contribution in [3.05, 3.63) is 0 Å². The van der Waals surface area contributed by atoms with E-state index in [1.54, 1.807) is 6.42 Å². The normalized spacial score (nSPS) is 46.6. The highest BCUT2D eigenvalue weighted by atomic mass is 15.3. The molecule has 0 aromatic carbocycles. The molecule has 98 valence electrons. The maximum Gasteiger partial charge on any atom is 0.0196 e. The predicted molar refractivity (Wildman–Crippen MR) is 72.1 cm³/mol. The summed E-state index contributed by atoms with van der Waals surface area (Å²) in [5.74, 6) is 2.12. The molecule has 0 amide bonds. The molecule has 0 aromatic heterocycles. The zero-order chi connectivity index (χ0) is 11.8. The van der Waals surface area contributed by atoms with Gasteiger partial charge >= 0.3 is 0 Å². The molecule has 2 heteroatoms. The fourth-order valence-electron chi connectivity index (χ4n) is 4.57. The Morgan fingerprint density at radius 2 is 2.12 bits per heavy atom. The molecule has 1 saturated heterocycles. The number of hydrogen-bond donors (Lipinski definition) is 1. The van der Waals surface area contributed by atoms with Gasteiger partial charge in [-0.05, 0) is 44.4 Å². The Kier molecular flexibility index (Phi) is 3.45. The van der Waals surface area contributed by atoms with E-state index in [4.69, 9.17) is 0 Å². The van der Waals surface area contributed by atoms with E-state index in [2.05, 4.69) is 24.1 Å². The van der Waals surface area contributed by atoms with Gasteiger partial charge in [-0.15, -0.1) is 0 Å². The Hall–Kier alpha value is -0.0800. The third kappa shape index (κ3) is 2.26. The number of fused-ring (bicyclic) bond motifs is 2. The second-order valence-electron chi connectivity index (χ2n) is 6.68. The van der Waals surface area contributed by atoms with Gasteiger partial charge in [0.05, 0.1) is 0 Å². The lowest BCUT2D eigenvalue weighted by molar-refractivity contribution is 0.0591. The first-order valence-electron chi connectivity index (χ1n) is 7.77. The van der Waals surface area contributed by atoms with Crippen LogP contribution < -0.4 is 5.32 Å². The Bertz CT molecular complexity index is 266. The van der Waals surface area contributed by atoms with Gasteiger partial charge in [0.25, 0.3) is 0 Å². The molecule has 17 heavy (non-hydrogen) atoms. The van der Waals surface area contributed by atoms with Crippen molar-refractivity contribution < 1.29 is 0 Å². The van der Waals surface area contributed by atoms with Gasteiger partial charge in [-0.1, -0.05) is 19.8 Å². The van der Waals surface area contributed by atoms with Crippen LogP contribution in [0.3, 0.4) is 0 Å². The van der Waals surface area contributed by atoms with E-state index in [0.29, 0.717) is 0 Å². The number of nitrogens with one attached hydrogen (secondary N) is 1. The van der Waals surface area contributed by atoms with Gasteiger partial charge in [0.2, 0.25) is 0 Å². The summed E-state index contributed by atoms with van der Waals surface area (Å²) in [4.78, 5) is 2.86. The van der Waals surface area contributed by atoms with Gasteiger partial charge in [0, 0.05) is 31.2 Å². The first-order chi connectivity index (χ1) is 8.28. The number of hydrogen-bond acceptors (Lipinski definition) is 2. The van der Waals surface area contributed by atoms with Crippen LogP contribution in [-0.4, -0.2) is 36.1 Å². The fourth-order valence-corrected chi connectivity index (χ4v) is 4.57. The van der Waals surface area contributed by atoms with Crippen LogP contribution >= 0.6 is 0 Å². The van der Waals surface area contributed by atoms with E-state index in [9.17, 15) is 0 Å². The highest BCUT2D eigenvalue weighted by Crippen LogP contribution is 2.47. The summed E-state index contributed by atoms with van der Waals surface area (Å²) in [5.41, 5.74) is 0. The third-order valence-corrected chi connectivity index (χ3v) is 5.46. The van der Waals surface area contributed by atoms with Crippen molar-refractivity contribution in [3.8, 4) is 0 Å². The minimum absolute atomic E-state index is 0.757. The third-order valence-electron chi connectivity index (χ3n) is 5.46. The molecule has 1 N–H and O–H groups in total. The summed E-state index contributed by atoms with van der Waals surface area (Å²) in [5, 5.41) is 3.73. The molecule has 3 aliphatic rings. The molecule has 2 bridgehead atoms. The molecule has 0 aromatic rings. The lowest BCUT2D eigenvalue weighted by Crippen LogP contribution is -2.59. The maximum absolute atomic E-state index is 3.73. The van der Waals surface area contributed by atoms with Crippen LogP contribution in [0.25, 0.3) is 0 Å². The Labute approximate surface area is 106 Å². The SMILES string of the molecule is CCCC1CN(C2CC3CCC2C3)C(C)CN1. The van der Waals surface area contributed by atoms with Crippen LogP contribution in [0.2, 0.25) is 0 Å². The lowest BCUT2D eigenvalue weighted by atomic mass is 9.91. The highest BCUT2D eigenvalue weighted by molar-refractivity contribution is 4.99. The summed E-state index contributed by atoms with van der Waals surface area (Å²) in [7, 11) is 0. The van der Waals surface area contributed by atoms with Crippen molar-refractivity contribution in [1.29, 1.82) is 0 Å². The molecular formula is C15H28N2. The average Bonchev–Trinajstić information content (AvgIpc) is 2.94. The summed E-state index contributed by atoms with van der Waals surface area (Å²) in [6.07, 6.45) is 8.76. The van der Waals surface area contributed by atoms with Crippen LogP contribution in [0.1, 0.15) is 52.4 Å².